The maximum Gasteiger partial charge on any atom is 0.257 e. The Morgan fingerprint density at radius 3 is 2.71 bits per heavy atom. The lowest BCUT2D eigenvalue weighted by molar-refractivity contribution is -0.123. The van der Waals surface area contributed by atoms with Gasteiger partial charge in [0.2, 0.25) is 0 Å². The van der Waals surface area contributed by atoms with E-state index in [1.165, 1.54) is 0 Å². The molecule has 0 bridgehead atoms. The molecular formula is C16H20N2O3. The SMILES string of the molecule is Cc1ccccc1OCC(=O)NCCc1c(C)noc1C. The van der Waals surface area contributed by atoms with Gasteiger partial charge in [0, 0.05) is 12.1 Å². The molecule has 5 nitrogen and oxygen atoms in total. The number of ether oxygens (including phenoxy) is 1. The van der Waals surface area contributed by atoms with Crippen LogP contribution in [0, 0.1) is 20.8 Å². The maximum atomic E-state index is 11.8. The van der Waals surface area contributed by atoms with Crippen LogP contribution in [0.5, 0.6) is 5.75 Å². The molecule has 2 rings (SSSR count). The molecule has 0 radical (unpaired) electrons. The number of hydrogen-bond donors (Lipinski definition) is 1. The van der Waals surface area contributed by atoms with Crippen LogP contribution in [0.4, 0.5) is 0 Å². The topological polar surface area (TPSA) is 64.4 Å². The average molecular weight is 288 g/mol. The van der Waals surface area contributed by atoms with Crippen LogP contribution in [-0.4, -0.2) is 24.2 Å². The number of hydrogen-bond acceptors (Lipinski definition) is 4. The predicted octanol–water partition coefficient (Wildman–Crippen LogP) is 2.34. The number of amides is 1. The quantitative estimate of drug-likeness (QED) is 0.886. The molecule has 5 heteroatoms. The van der Waals surface area contributed by atoms with Crippen LogP contribution in [0.3, 0.4) is 0 Å². The summed E-state index contributed by atoms with van der Waals surface area (Å²) in [5.41, 5.74) is 2.94. The van der Waals surface area contributed by atoms with Gasteiger partial charge in [-0.25, -0.2) is 0 Å². The number of rotatable bonds is 6. The number of nitrogens with one attached hydrogen (secondary N) is 1. The van der Waals surface area contributed by atoms with Gasteiger partial charge in [0.1, 0.15) is 11.5 Å². The number of carbonyl (C=O) groups excluding carboxylic acids is 1. The number of aryl methyl sites for hydroxylation is 3. The normalized spacial score (nSPS) is 10.4. The molecule has 21 heavy (non-hydrogen) atoms. The Bertz CT molecular complexity index is 600. The first-order chi connectivity index (χ1) is 10.1. The van der Waals surface area contributed by atoms with Gasteiger partial charge in [-0.2, -0.15) is 0 Å². The highest BCUT2D eigenvalue weighted by atomic mass is 16.5. The molecule has 1 N–H and O–H groups in total. The van der Waals surface area contributed by atoms with Gasteiger partial charge in [0.25, 0.3) is 5.91 Å². The molecule has 0 spiro atoms. The van der Waals surface area contributed by atoms with E-state index in [1.807, 2.05) is 45.0 Å². The first-order valence-corrected chi connectivity index (χ1v) is 6.95. The van der Waals surface area contributed by atoms with E-state index in [-0.39, 0.29) is 12.5 Å². The molecule has 2 aromatic rings. The lowest BCUT2D eigenvalue weighted by atomic mass is 10.1. The summed E-state index contributed by atoms with van der Waals surface area (Å²) in [5.74, 6) is 1.40. The Kier molecular flexibility index (Phi) is 4.98. The fourth-order valence-corrected chi connectivity index (χ4v) is 2.10. The van der Waals surface area contributed by atoms with Crippen molar-refractivity contribution >= 4 is 5.91 Å². The summed E-state index contributed by atoms with van der Waals surface area (Å²) in [7, 11) is 0. The molecule has 0 atom stereocenters. The third-order valence-electron chi connectivity index (χ3n) is 3.33. The Hall–Kier alpha value is -2.30. The summed E-state index contributed by atoms with van der Waals surface area (Å²) in [6, 6.07) is 7.63. The van der Waals surface area contributed by atoms with Crippen molar-refractivity contribution < 1.29 is 14.1 Å². The standard InChI is InChI=1S/C16H20N2O3/c1-11-6-4-5-7-15(11)20-10-16(19)17-9-8-14-12(2)18-21-13(14)3/h4-7H,8-10H2,1-3H3,(H,17,19). The number of nitrogens with zero attached hydrogens (tertiary/aromatic N) is 1. The number of benzene rings is 1. The van der Waals surface area contributed by atoms with Crippen LogP contribution >= 0.6 is 0 Å². The molecule has 1 aromatic heterocycles. The molecule has 1 aromatic carbocycles. The molecule has 0 saturated heterocycles. The molecule has 1 heterocycles. The van der Waals surface area contributed by atoms with Crippen molar-refractivity contribution in [2.24, 2.45) is 0 Å². The summed E-state index contributed by atoms with van der Waals surface area (Å²) < 4.78 is 10.6. The summed E-state index contributed by atoms with van der Waals surface area (Å²) in [6.07, 6.45) is 0.706. The Labute approximate surface area is 124 Å². The van der Waals surface area contributed by atoms with E-state index in [4.69, 9.17) is 9.26 Å². The second-order valence-corrected chi connectivity index (χ2v) is 4.96. The molecule has 1 amide bonds. The molecule has 0 aliphatic carbocycles. The third-order valence-corrected chi connectivity index (χ3v) is 3.33. The van der Waals surface area contributed by atoms with Crippen LogP contribution in [0.15, 0.2) is 28.8 Å². The third kappa shape index (κ3) is 4.08. The van der Waals surface area contributed by atoms with Gasteiger partial charge >= 0.3 is 0 Å². The van der Waals surface area contributed by atoms with E-state index in [0.29, 0.717) is 13.0 Å². The Balaban J connectivity index is 1.74. The maximum absolute atomic E-state index is 11.8. The van der Waals surface area contributed by atoms with Gasteiger partial charge in [-0.15, -0.1) is 0 Å². The van der Waals surface area contributed by atoms with Crippen molar-refractivity contribution in [2.45, 2.75) is 27.2 Å². The molecule has 0 unspecified atom stereocenters. The largest absolute Gasteiger partial charge is 0.484 e. The van der Waals surface area contributed by atoms with Gasteiger partial charge in [-0.3, -0.25) is 4.79 Å². The number of aromatic nitrogens is 1. The highest BCUT2D eigenvalue weighted by molar-refractivity contribution is 5.77. The van der Waals surface area contributed by atoms with Crippen LogP contribution in [-0.2, 0) is 11.2 Å². The first kappa shape index (κ1) is 15.1. The van der Waals surface area contributed by atoms with E-state index in [0.717, 1.165) is 28.3 Å². The van der Waals surface area contributed by atoms with Crippen molar-refractivity contribution in [2.75, 3.05) is 13.2 Å². The minimum atomic E-state index is -0.134. The number of para-hydroxylation sites is 1. The van der Waals surface area contributed by atoms with Gasteiger partial charge in [0.05, 0.1) is 5.69 Å². The first-order valence-electron chi connectivity index (χ1n) is 6.95. The van der Waals surface area contributed by atoms with Crippen molar-refractivity contribution in [1.82, 2.24) is 10.5 Å². The predicted molar refractivity (Wildman–Crippen MR) is 79.4 cm³/mol. The minimum absolute atomic E-state index is 0.0203. The minimum Gasteiger partial charge on any atom is -0.484 e. The Morgan fingerprint density at radius 1 is 1.29 bits per heavy atom. The Morgan fingerprint density at radius 2 is 2.05 bits per heavy atom. The molecule has 0 saturated carbocycles. The second-order valence-electron chi connectivity index (χ2n) is 4.96. The zero-order valence-electron chi connectivity index (χ0n) is 12.6. The van der Waals surface area contributed by atoms with Gasteiger partial charge in [0.15, 0.2) is 6.61 Å². The lowest BCUT2D eigenvalue weighted by Crippen LogP contribution is -2.30. The van der Waals surface area contributed by atoms with Crippen molar-refractivity contribution in [3.63, 3.8) is 0 Å². The zero-order valence-corrected chi connectivity index (χ0v) is 12.6. The summed E-state index contributed by atoms with van der Waals surface area (Å²) in [5, 5.41) is 6.72. The fourth-order valence-electron chi connectivity index (χ4n) is 2.10. The van der Waals surface area contributed by atoms with Crippen molar-refractivity contribution in [1.29, 1.82) is 0 Å². The van der Waals surface area contributed by atoms with E-state index in [9.17, 15) is 4.79 Å². The molecular weight excluding hydrogens is 268 g/mol. The smallest absolute Gasteiger partial charge is 0.257 e. The van der Waals surface area contributed by atoms with Crippen LogP contribution < -0.4 is 10.1 Å². The zero-order chi connectivity index (χ0) is 15.2. The highest BCUT2D eigenvalue weighted by Gasteiger charge is 2.09. The van der Waals surface area contributed by atoms with E-state index >= 15 is 0 Å². The van der Waals surface area contributed by atoms with Gasteiger partial charge < -0.3 is 14.6 Å². The van der Waals surface area contributed by atoms with Crippen LogP contribution in [0.1, 0.15) is 22.6 Å². The van der Waals surface area contributed by atoms with Gasteiger partial charge in [-0.05, 0) is 38.8 Å². The van der Waals surface area contributed by atoms with Crippen LogP contribution in [0.25, 0.3) is 0 Å². The second kappa shape index (κ2) is 6.92. The molecule has 0 fully saturated rings. The monoisotopic (exact) mass is 288 g/mol. The summed E-state index contributed by atoms with van der Waals surface area (Å²) >= 11 is 0. The van der Waals surface area contributed by atoms with Crippen LogP contribution in [0.2, 0.25) is 0 Å². The van der Waals surface area contributed by atoms with E-state index < -0.39 is 0 Å². The molecule has 0 aliphatic rings. The van der Waals surface area contributed by atoms with Gasteiger partial charge in [-0.1, -0.05) is 23.4 Å². The fraction of sp³-hybridized carbons (Fsp3) is 0.375. The number of carbonyl (C=O) groups is 1. The molecule has 112 valence electrons. The lowest BCUT2D eigenvalue weighted by Gasteiger charge is -2.09. The van der Waals surface area contributed by atoms with Crippen molar-refractivity contribution in [3.8, 4) is 5.75 Å². The summed E-state index contributed by atoms with van der Waals surface area (Å²) in [4.78, 5) is 11.8. The summed E-state index contributed by atoms with van der Waals surface area (Å²) in [6.45, 7) is 6.28. The molecule has 0 aliphatic heterocycles. The average Bonchev–Trinajstić information content (AvgIpc) is 2.78. The van der Waals surface area contributed by atoms with Crippen molar-refractivity contribution in [3.05, 3.63) is 46.8 Å². The van der Waals surface area contributed by atoms with E-state index in [2.05, 4.69) is 10.5 Å². The van der Waals surface area contributed by atoms with E-state index in [1.54, 1.807) is 0 Å². The highest BCUT2D eigenvalue weighted by Crippen LogP contribution is 2.15.